The number of methoxy groups -OCH3 is 1. The van der Waals surface area contributed by atoms with E-state index in [1.165, 1.54) is 0 Å². The number of rotatable bonds is 3. The molecule has 20 heavy (non-hydrogen) atoms. The van der Waals surface area contributed by atoms with E-state index in [9.17, 15) is 0 Å². The molecule has 0 saturated carbocycles. The molecule has 0 radical (unpaired) electrons. The summed E-state index contributed by atoms with van der Waals surface area (Å²) in [4.78, 5) is 4.37. The highest BCUT2D eigenvalue weighted by molar-refractivity contribution is 5.71. The minimum absolute atomic E-state index is 0.411. The van der Waals surface area contributed by atoms with E-state index in [4.69, 9.17) is 15.0 Å². The molecule has 1 heterocycles. The normalized spacial score (nSPS) is 10.4. The van der Waals surface area contributed by atoms with Crippen LogP contribution < -0.4 is 10.5 Å². The highest BCUT2D eigenvalue weighted by Crippen LogP contribution is 2.27. The molecular formula is C15H13N3O2. The summed E-state index contributed by atoms with van der Waals surface area (Å²) < 4.78 is 10.4. The molecule has 0 bridgehead atoms. The lowest BCUT2D eigenvalue weighted by atomic mass is 10.2. The van der Waals surface area contributed by atoms with Gasteiger partial charge in [-0.1, -0.05) is 17.3 Å². The quantitative estimate of drug-likeness (QED) is 0.738. The van der Waals surface area contributed by atoms with E-state index < -0.39 is 0 Å². The van der Waals surface area contributed by atoms with Crippen molar-refractivity contribution in [2.75, 3.05) is 12.8 Å². The van der Waals surface area contributed by atoms with E-state index in [2.05, 4.69) is 10.1 Å². The molecule has 0 aliphatic heterocycles. The lowest BCUT2D eigenvalue weighted by Crippen LogP contribution is -1.89. The van der Waals surface area contributed by atoms with Gasteiger partial charge in [-0.15, -0.1) is 0 Å². The van der Waals surface area contributed by atoms with Crippen molar-refractivity contribution in [3.63, 3.8) is 0 Å². The molecule has 0 saturated heterocycles. The Bertz CT molecular complexity index is 720. The molecule has 0 amide bonds. The molecule has 0 aliphatic carbocycles. The number of nitrogen functional groups attached to an aromatic ring is 1. The fourth-order valence-electron chi connectivity index (χ4n) is 1.88. The molecule has 5 nitrogen and oxygen atoms in total. The predicted octanol–water partition coefficient (Wildman–Crippen LogP) is 2.99. The lowest BCUT2D eigenvalue weighted by Gasteiger charge is -1.99. The first kappa shape index (κ1) is 12.2. The minimum Gasteiger partial charge on any atom is -0.497 e. The first-order chi connectivity index (χ1) is 9.78. The minimum atomic E-state index is 0.411. The van der Waals surface area contributed by atoms with Gasteiger partial charge >= 0.3 is 0 Å². The molecule has 5 heteroatoms. The molecule has 3 rings (SSSR count). The van der Waals surface area contributed by atoms with Crippen LogP contribution in [0.1, 0.15) is 0 Å². The van der Waals surface area contributed by atoms with Crippen LogP contribution in [0.15, 0.2) is 53.1 Å². The number of nitrogens with two attached hydrogens (primary N) is 1. The fraction of sp³-hybridized carbons (Fsp3) is 0.0667. The van der Waals surface area contributed by atoms with Gasteiger partial charge in [0.1, 0.15) is 5.75 Å². The Balaban J connectivity index is 1.95. The first-order valence-corrected chi connectivity index (χ1v) is 6.11. The van der Waals surface area contributed by atoms with E-state index in [0.29, 0.717) is 17.4 Å². The summed E-state index contributed by atoms with van der Waals surface area (Å²) in [5, 5.41) is 3.98. The number of para-hydroxylation sites is 1. The van der Waals surface area contributed by atoms with Gasteiger partial charge in [0.05, 0.1) is 12.7 Å². The van der Waals surface area contributed by atoms with Crippen molar-refractivity contribution in [2.24, 2.45) is 0 Å². The lowest BCUT2D eigenvalue weighted by molar-refractivity contribution is 0.415. The summed E-state index contributed by atoms with van der Waals surface area (Å²) in [6, 6.07) is 14.8. The average Bonchev–Trinajstić information content (AvgIpc) is 2.97. The zero-order valence-corrected chi connectivity index (χ0v) is 10.9. The third-order valence-corrected chi connectivity index (χ3v) is 2.97. The van der Waals surface area contributed by atoms with Crippen molar-refractivity contribution in [3.8, 4) is 28.6 Å². The Morgan fingerprint density at radius 1 is 1.05 bits per heavy atom. The van der Waals surface area contributed by atoms with Crippen molar-refractivity contribution >= 4 is 5.69 Å². The number of aromatic nitrogens is 2. The number of anilines is 1. The number of hydrogen-bond donors (Lipinski definition) is 1. The molecule has 2 N–H and O–H groups in total. The Kier molecular flexibility index (Phi) is 3.09. The van der Waals surface area contributed by atoms with E-state index >= 15 is 0 Å². The van der Waals surface area contributed by atoms with E-state index in [-0.39, 0.29) is 0 Å². The summed E-state index contributed by atoms with van der Waals surface area (Å²) >= 11 is 0. The van der Waals surface area contributed by atoms with Crippen LogP contribution in [-0.4, -0.2) is 17.3 Å². The highest BCUT2D eigenvalue weighted by Gasteiger charge is 2.12. The van der Waals surface area contributed by atoms with Gasteiger partial charge in [0, 0.05) is 11.3 Å². The molecule has 0 aliphatic rings. The smallest absolute Gasteiger partial charge is 0.260 e. The van der Waals surface area contributed by atoms with Crippen molar-refractivity contribution in [1.82, 2.24) is 10.1 Å². The van der Waals surface area contributed by atoms with Gasteiger partial charge in [-0.25, -0.2) is 0 Å². The Morgan fingerprint density at radius 3 is 2.50 bits per heavy atom. The maximum atomic E-state index is 5.89. The zero-order chi connectivity index (χ0) is 13.9. The van der Waals surface area contributed by atoms with Crippen molar-refractivity contribution in [2.45, 2.75) is 0 Å². The van der Waals surface area contributed by atoms with Crippen LogP contribution in [0.5, 0.6) is 5.75 Å². The van der Waals surface area contributed by atoms with E-state index in [0.717, 1.165) is 16.9 Å². The highest BCUT2D eigenvalue weighted by atomic mass is 16.5. The van der Waals surface area contributed by atoms with Gasteiger partial charge in [0.25, 0.3) is 5.89 Å². The summed E-state index contributed by atoms with van der Waals surface area (Å²) in [7, 11) is 1.62. The summed E-state index contributed by atoms with van der Waals surface area (Å²) in [5.41, 5.74) is 8.10. The second-order valence-electron chi connectivity index (χ2n) is 4.24. The van der Waals surface area contributed by atoms with Gasteiger partial charge in [0.2, 0.25) is 5.82 Å². The van der Waals surface area contributed by atoms with Gasteiger partial charge < -0.3 is 15.0 Å². The molecule has 2 aromatic carbocycles. The summed E-state index contributed by atoms with van der Waals surface area (Å²) in [6.07, 6.45) is 0. The number of ether oxygens (including phenoxy) is 1. The van der Waals surface area contributed by atoms with Gasteiger partial charge in [-0.3, -0.25) is 0 Å². The number of hydrogen-bond acceptors (Lipinski definition) is 5. The Hall–Kier alpha value is -2.82. The van der Waals surface area contributed by atoms with Crippen molar-refractivity contribution in [3.05, 3.63) is 48.5 Å². The van der Waals surface area contributed by atoms with Crippen molar-refractivity contribution < 1.29 is 9.26 Å². The van der Waals surface area contributed by atoms with E-state index in [1.807, 2.05) is 42.5 Å². The Labute approximate surface area is 116 Å². The molecular weight excluding hydrogens is 254 g/mol. The van der Waals surface area contributed by atoms with Gasteiger partial charge in [-0.05, 0) is 36.4 Å². The molecule has 0 fully saturated rings. The molecule has 3 aromatic rings. The summed E-state index contributed by atoms with van der Waals surface area (Å²) in [5.74, 6) is 1.71. The molecule has 0 spiro atoms. The zero-order valence-electron chi connectivity index (χ0n) is 10.9. The maximum Gasteiger partial charge on any atom is 0.260 e. The third kappa shape index (κ3) is 2.21. The molecule has 1 aromatic heterocycles. The van der Waals surface area contributed by atoms with Crippen LogP contribution in [0.4, 0.5) is 5.69 Å². The molecule has 0 unspecified atom stereocenters. The van der Waals surface area contributed by atoms with Gasteiger partial charge in [0.15, 0.2) is 0 Å². The third-order valence-electron chi connectivity index (χ3n) is 2.97. The number of benzene rings is 2. The first-order valence-electron chi connectivity index (χ1n) is 6.11. The predicted molar refractivity (Wildman–Crippen MR) is 76.1 cm³/mol. The van der Waals surface area contributed by atoms with Crippen LogP contribution in [0.25, 0.3) is 22.8 Å². The number of nitrogens with zero attached hydrogens (tertiary/aromatic N) is 2. The molecule has 0 atom stereocenters. The SMILES string of the molecule is COc1ccc(-c2noc(-c3ccccc3N)n2)cc1. The fourth-order valence-corrected chi connectivity index (χ4v) is 1.88. The van der Waals surface area contributed by atoms with Crippen LogP contribution >= 0.6 is 0 Å². The van der Waals surface area contributed by atoms with Crippen LogP contribution in [0, 0.1) is 0 Å². The second kappa shape index (κ2) is 5.05. The van der Waals surface area contributed by atoms with Gasteiger partial charge in [-0.2, -0.15) is 4.98 Å². The molecule has 100 valence electrons. The second-order valence-corrected chi connectivity index (χ2v) is 4.24. The topological polar surface area (TPSA) is 74.2 Å². The summed E-state index contributed by atoms with van der Waals surface area (Å²) in [6.45, 7) is 0. The van der Waals surface area contributed by atoms with E-state index in [1.54, 1.807) is 13.2 Å². The maximum absolute atomic E-state index is 5.89. The van der Waals surface area contributed by atoms with Crippen molar-refractivity contribution in [1.29, 1.82) is 0 Å². The van der Waals surface area contributed by atoms with Crippen LogP contribution in [0.2, 0.25) is 0 Å². The van der Waals surface area contributed by atoms with Crippen LogP contribution in [-0.2, 0) is 0 Å². The van der Waals surface area contributed by atoms with Crippen LogP contribution in [0.3, 0.4) is 0 Å². The Morgan fingerprint density at radius 2 is 1.80 bits per heavy atom. The monoisotopic (exact) mass is 267 g/mol. The average molecular weight is 267 g/mol. The standard InChI is InChI=1S/C15H13N3O2/c1-19-11-8-6-10(7-9-11)14-17-15(20-18-14)12-4-2-3-5-13(12)16/h2-9H,16H2,1H3. The largest absolute Gasteiger partial charge is 0.497 e.